The van der Waals surface area contributed by atoms with Gasteiger partial charge in [-0.2, -0.15) is 0 Å². The van der Waals surface area contributed by atoms with Crippen LogP contribution in [0, 0.1) is 0 Å². The van der Waals surface area contributed by atoms with E-state index in [9.17, 15) is 14.3 Å². The van der Waals surface area contributed by atoms with Crippen LogP contribution in [0.15, 0.2) is 0 Å². The Morgan fingerprint density at radius 2 is 1.27 bits per heavy atom. The van der Waals surface area contributed by atoms with Gasteiger partial charge in [-0.05, 0) is 36.9 Å². The maximum Gasteiger partial charge on any atom is 0.386 e. The van der Waals surface area contributed by atoms with Crippen LogP contribution < -0.4 is 5.32 Å². The van der Waals surface area contributed by atoms with Gasteiger partial charge in [-0.25, -0.2) is 4.57 Å². The summed E-state index contributed by atoms with van der Waals surface area (Å²) in [5.74, 6) is 0.169. The van der Waals surface area contributed by atoms with Gasteiger partial charge in [0.2, 0.25) is 5.91 Å². The van der Waals surface area contributed by atoms with Gasteiger partial charge in [-0.1, -0.05) is 96.8 Å². The molecule has 0 rings (SSSR count). The van der Waals surface area contributed by atoms with Gasteiger partial charge in [0, 0.05) is 13.0 Å². The van der Waals surface area contributed by atoms with E-state index in [1.165, 1.54) is 70.6 Å². The fourth-order valence-electron chi connectivity index (χ4n) is 3.43. The highest BCUT2D eigenvalue weighted by atomic mass is 32.7. The molecule has 0 saturated carbocycles. The lowest BCUT2D eigenvalue weighted by Crippen LogP contribution is -2.23. The zero-order chi connectivity index (χ0) is 22.3. The van der Waals surface area contributed by atoms with Crippen molar-refractivity contribution < 1.29 is 18.8 Å². The number of rotatable bonds is 23. The molecule has 0 aliphatic rings. The van der Waals surface area contributed by atoms with Gasteiger partial charge in [-0.15, -0.1) is 0 Å². The third kappa shape index (κ3) is 22.7. The molecule has 0 saturated heterocycles. The molecular formula is C23H48NO4PS. The van der Waals surface area contributed by atoms with Crippen molar-refractivity contribution in [2.24, 2.45) is 0 Å². The van der Waals surface area contributed by atoms with Gasteiger partial charge in [0.1, 0.15) is 0 Å². The van der Waals surface area contributed by atoms with E-state index in [1.807, 2.05) is 0 Å². The molecule has 0 aromatic carbocycles. The lowest BCUT2D eigenvalue weighted by molar-refractivity contribution is -0.121. The summed E-state index contributed by atoms with van der Waals surface area (Å²) in [4.78, 5) is 21.1. The number of unbranched alkanes of at least 4 members (excludes halogenated alkanes) is 15. The average Bonchev–Trinajstić information content (AvgIpc) is 2.73. The van der Waals surface area contributed by atoms with E-state index in [0.29, 0.717) is 13.0 Å². The summed E-state index contributed by atoms with van der Waals surface area (Å²) in [5.41, 5.74) is 0. The molecule has 0 radical (unpaired) electrons. The number of hydrogen-bond acceptors (Lipinski definition) is 4. The number of amides is 1. The largest absolute Gasteiger partial charge is 0.386 e. The van der Waals surface area contributed by atoms with Crippen molar-refractivity contribution in [3.05, 3.63) is 0 Å². The molecule has 180 valence electrons. The Morgan fingerprint density at radius 3 is 1.80 bits per heavy atom. The molecule has 1 amide bonds. The number of hydrogen-bond donors (Lipinski definition) is 2. The van der Waals surface area contributed by atoms with Gasteiger partial charge in [0.15, 0.2) is 0 Å². The predicted octanol–water partition coefficient (Wildman–Crippen LogP) is 7.62. The van der Waals surface area contributed by atoms with Gasteiger partial charge in [-0.3, -0.25) is 4.79 Å². The Kier molecular flexibility index (Phi) is 22.2. The second-order valence-electron chi connectivity index (χ2n) is 8.24. The lowest BCUT2D eigenvalue weighted by atomic mass is 10.0. The quantitative estimate of drug-likeness (QED) is 0.120. The minimum atomic E-state index is -3.42. The Hall–Kier alpha value is -0.0300. The zero-order valence-corrected chi connectivity index (χ0v) is 21.4. The molecule has 5 nitrogen and oxygen atoms in total. The van der Waals surface area contributed by atoms with Crippen LogP contribution in [0.25, 0.3) is 0 Å². The number of carbonyl (C=O) groups excluding carboxylic acids is 1. The third-order valence-electron chi connectivity index (χ3n) is 5.39. The smallest absolute Gasteiger partial charge is 0.356 e. The highest BCUT2D eigenvalue weighted by molar-refractivity contribution is 8.54. The first-order valence-electron chi connectivity index (χ1n) is 12.3. The molecule has 7 heteroatoms. The summed E-state index contributed by atoms with van der Waals surface area (Å²) in [5, 5.41) is 2.99. The standard InChI is InChI=1S/C23H48NO4PS/c1-3-4-5-6-7-8-9-10-11-12-13-14-17-20-23(25)24-21-18-15-16-19-22-28-29(26,27)30-2/h3-22H2,1-2H3,(H,24,25)(H,26,27). The van der Waals surface area contributed by atoms with Gasteiger partial charge in [0.05, 0.1) is 6.61 Å². The first-order chi connectivity index (χ1) is 14.5. The number of nitrogens with one attached hydrogen (secondary N) is 1. The van der Waals surface area contributed by atoms with Crippen LogP contribution in [0.2, 0.25) is 0 Å². The van der Waals surface area contributed by atoms with Crippen LogP contribution in [-0.2, 0) is 13.9 Å². The summed E-state index contributed by atoms with van der Waals surface area (Å²) in [6, 6.07) is 0. The molecule has 0 aromatic heterocycles. The maximum absolute atomic E-state index is 11.8. The van der Waals surface area contributed by atoms with Crippen molar-refractivity contribution in [1.82, 2.24) is 5.32 Å². The normalized spacial score (nSPS) is 13.3. The number of carbonyl (C=O) groups is 1. The van der Waals surface area contributed by atoms with Gasteiger partial charge in [0.25, 0.3) is 0 Å². The SMILES string of the molecule is CCCCCCCCCCCCCCCC(=O)NCCCCCCOP(=O)(O)SC. The molecule has 1 atom stereocenters. The Bertz CT molecular complexity index is 437. The van der Waals surface area contributed by atoms with Gasteiger partial charge < -0.3 is 14.7 Å². The molecule has 30 heavy (non-hydrogen) atoms. The molecule has 0 heterocycles. The second kappa shape index (κ2) is 22.2. The van der Waals surface area contributed by atoms with E-state index >= 15 is 0 Å². The Balaban J connectivity index is 3.23. The monoisotopic (exact) mass is 465 g/mol. The molecule has 0 fully saturated rings. The van der Waals surface area contributed by atoms with Crippen LogP contribution >= 0.6 is 18.2 Å². The van der Waals surface area contributed by atoms with Crippen LogP contribution in [0.5, 0.6) is 0 Å². The van der Waals surface area contributed by atoms with Crippen molar-refractivity contribution >= 4 is 24.1 Å². The maximum atomic E-state index is 11.8. The first kappa shape index (κ1) is 30.0. The van der Waals surface area contributed by atoms with Crippen molar-refractivity contribution in [1.29, 1.82) is 0 Å². The highest BCUT2D eigenvalue weighted by Crippen LogP contribution is 2.53. The average molecular weight is 466 g/mol. The zero-order valence-electron chi connectivity index (χ0n) is 19.7. The van der Waals surface area contributed by atoms with E-state index in [1.54, 1.807) is 6.26 Å². The molecule has 0 spiro atoms. The van der Waals surface area contributed by atoms with E-state index < -0.39 is 6.80 Å². The summed E-state index contributed by atoms with van der Waals surface area (Å²) >= 11 is 0.860. The van der Waals surface area contributed by atoms with Crippen molar-refractivity contribution in [3.8, 4) is 0 Å². The third-order valence-corrected chi connectivity index (χ3v) is 8.06. The minimum absolute atomic E-state index is 0.169. The van der Waals surface area contributed by atoms with E-state index in [2.05, 4.69) is 12.2 Å². The molecule has 0 aromatic rings. The second-order valence-corrected chi connectivity index (χ2v) is 12.3. The molecule has 1 unspecified atom stereocenters. The molecule has 0 aliphatic heterocycles. The van der Waals surface area contributed by atoms with Gasteiger partial charge >= 0.3 is 6.80 Å². The summed E-state index contributed by atoms with van der Waals surface area (Å²) < 4.78 is 16.2. The first-order valence-corrected chi connectivity index (χ1v) is 15.7. The summed E-state index contributed by atoms with van der Waals surface area (Å²) in [6.45, 7) is -0.109. The summed E-state index contributed by atoms with van der Waals surface area (Å²) in [6.07, 6.45) is 23.1. The predicted molar refractivity (Wildman–Crippen MR) is 131 cm³/mol. The van der Waals surface area contributed by atoms with E-state index in [-0.39, 0.29) is 5.91 Å². The fourth-order valence-corrected chi connectivity index (χ4v) is 4.44. The Labute approximate surface area is 190 Å². The van der Waals surface area contributed by atoms with E-state index in [0.717, 1.165) is 56.5 Å². The van der Waals surface area contributed by atoms with Crippen LogP contribution in [-0.4, -0.2) is 30.2 Å². The molecule has 0 bridgehead atoms. The Morgan fingerprint density at radius 1 is 0.800 bits per heavy atom. The van der Waals surface area contributed by atoms with Crippen molar-refractivity contribution in [2.75, 3.05) is 19.4 Å². The molecular weight excluding hydrogens is 417 g/mol. The summed E-state index contributed by atoms with van der Waals surface area (Å²) in [7, 11) is 0. The van der Waals surface area contributed by atoms with Crippen LogP contribution in [0.1, 0.15) is 122 Å². The fraction of sp³-hybridized carbons (Fsp3) is 0.957. The van der Waals surface area contributed by atoms with Crippen LogP contribution in [0.3, 0.4) is 0 Å². The van der Waals surface area contributed by atoms with Crippen molar-refractivity contribution in [2.45, 2.75) is 122 Å². The minimum Gasteiger partial charge on any atom is -0.356 e. The topological polar surface area (TPSA) is 75.6 Å². The lowest BCUT2D eigenvalue weighted by Gasteiger charge is -2.08. The van der Waals surface area contributed by atoms with Crippen molar-refractivity contribution in [3.63, 3.8) is 0 Å². The van der Waals surface area contributed by atoms with E-state index in [4.69, 9.17) is 4.52 Å². The van der Waals surface area contributed by atoms with Crippen LogP contribution in [0.4, 0.5) is 0 Å². The molecule has 2 N–H and O–H groups in total. The molecule has 0 aliphatic carbocycles. The highest BCUT2D eigenvalue weighted by Gasteiger charge is 2.15.